The molecule has 1 fully saturated rings. The molecule has 2 aromatic rings. The summed E-state index contributed by atoms with van der Waals surface area (Å²) in [5.41, 5.74) is 2.36. The lowest BCUT2D eigenvalue weighted by Gasteiger charge is -2.09. The highest BCUT2D eigenvalue weighted by Gasteiger charge is 2.20. The summed E-state index contributed by atoms with van der Waals surface area (Å²) in [6, 6.07) is 7.16. The van der Waals surface area contributed by atoms with Gasteiger partial charge in [-0.15, -0.1) is 0 Å². The SMILES string of the molecule is CCc1nc(CC)n(-c2ccc(CNC3CC3)c(Br)c2)n1. The van der Waals surface area contributed by atoms with E-state index >= 15 is 0 Å². The summed E-state index contributed by atoms with van der Waals surface area (Å²) in [6.07, 6.45) is 4.38. The standard InChI is InChI=1S/C16H21BrN4/c1-3-15-19-16(4-2)21(20-15)13-8-5-11(14(17)9-13)10-18-12-6-7-12/h5,8-9,12,18H,3-4,6-7,10H2,1-2H3. The summed E-state index contributed by atoms with van der Waals surface area (Å²) in [5.74, 6) is 1.92. The van der Waals surface area contributed by atoms with Gasteiger partial charge in [0.1, 0.15) is 5.82 Å². The van der Waals surface area contributed by atoms with Crippen LogP contribution in [0.15, 0.2) is 22.7 Å². The van der Waals surface area contributed by atoms with Crippen LogP contribution in [0.2, 0.25) is 0 Å². The second kappa shape index (κ2) is 6.28. The molecule has 0 spiro atoms. The number of nitrogens with one attached hydrogen (secondary N) is 1. The Morgan fingerprint density at radius 2 is 2.10 bits per heavy atom. The molecule has 1 aliphatic carbocycles. The number of benzene rings is 1. The van der Waals surface area contributed by atoms with Gasteiger partial charge in [0.2, 0.25) is 0 Å². The van der Waals surface area contributed by atoms with Crippen LogP contribution in [0.1, 0.15) is 43.9 Å². The number of nitrogens with zero attached hydrogens (tertiary/aromatic N) is 3. The second-order valence-corrected chi connectivity index (χ2v) is 6.35. The first-order chi connectivity index (χ1) is 10.2. The Morgan fingerprint density at radius 1 is 1.29 bits per heavy atom. The van der Waals surface area contributed by atoms with Gasteiger partial charge in [0, 0.05) is 29.9 Å². The lowest BCUT2D eigenvalue weighted by molar-refractivity contribution is 0.685. The Bertz CT molecular complexity index is 631. The molecule has 1 heterocycles. The topological polar surface area (TPSA) is 42.7 Å². The predicted octanol–water partition coefficient (Wildman–Crippen LogP) is 3.41. The van der Waals surface area contributed by atoms with Gasteiger partial charge in [-0.2, -0.15) is 5.10 Å². The summed E-state index contributed by atoms with van der Waals surface area (Å²) in [7, 11) is 0. The normalized spacial score (nSPS) is 14.6. The summed E-state index contributed by atoms with van der Waals surface area (Å²) in [5, 5.41) is 8.14. The van der Waals surface area contributed by atoms with Crippen molar-refractivity contribution in [2.24, 2.45) is 0 Å². The van der Waals surface area contributed by atoms with Crippen molar-refractivity contribution in [2.75, 3.05) is 0 Å². The molecule has 3 rings (SSSR count). The molecule has 112 valence electrons. The van der Waals surface area contributed by atoms with Crippen molar-refractivity contribution in [1.82, 2.24) is 20.1 Å². The smallest absolute Gasteiger partial charge is 0.151 e. The van der Waals surface area contributed by atoms with Gasteiger partial charge >= 0.3 is 0 Å². The molecule has 0 unspecified atom stereocenters. The lowest BCUT2D eigenvalue weighted by Crippen LogP contribution is -2.15. The molecular formula is C16H21BrN4. The van der Waals surface area contributed by atoms with Gasteiger partial charge in [-0.25, -0.2) is 9.67 Å². The third-order valence-electron chi connectivity index (χ3n) is 3.79. The summed E-state index contributed by atoms with van der Waals surface area (Å²) in [4.78, 5) is 4.57. The Morgan fingerprint density at radius 3 is 2.71 bits per heavy atom. The van der Waals surface area contributed by atoms with Gasteiger partial charge in [-0.1, -0.05) is 35.8 Å². The van der Waals surface area contributed by atoms with E-state index in [1.807, 2.05) is 4.68 Å². The molecule has 1 aliphatic rings. The van der Waals surface area contributed by atoms with Gasteiger partial charge in [-0.3, -0.25) is 0 Å². The van der Waals surface area contributed by atoms with Crippen LogP contribution in [-0.2, 0) is 19.4 Å². The first kappa shape index (κ1) is 14.7. The Balaban J connectivity index is 1.84. The lowest BCUT2D eigenvalue weighted by atomic mass is 10.2. The fourth-order valence-electron chi connectivity index (χ4n) is 2.33. The zero-order valence-corrected chi connectivity index (χ0v) is 14.2. The van der Waals surface area contributed by atoms with Gasteiger partial charge in [0.25, 0.3) is 0 Å². The highest BCUT2D eigenvalue weighted by Crippen LogP contribution is 2.24. The zero-order chi connectivity index (χ0) is 14.8. The van der Waals surface area contributed by atoms with E-state index in [2.05, 4.69) is 63.4 Å². The summed E-state index contributed by atoms with van der Waals surface area (Å²) >= 11 is 3.68. The number of aromatic nitrogens is 3. The van der Waals surface area contributed by atoms with Crippen molar-refractivity contribution in [1.29, 1.82) is 0 Å². The quantitative estimate of drug-likeness (QED) is 0.869. The van der Waals surface area contributed by atoms with Crippen molar-refractivity contribution in [3.05, 3.63) is 39.9 Å². The predicted molar refractivity (Wildman–Crippen MR) is 87.7 cm³/mol. The third-order valence-corrected chi connectivity index (χ3v) is 4.53. The molecule has 1 aromatic carbocycles. The van der Waals surface area contributed by atoms with E-state index in [0.29, 0.717) is 0 Å². The molecule has 0 radical (unpaired) electrons. The highest BCUT2D eigenvalue weighted by molar-refractivity contribution is 9.10. The molecule has 21 heavy (non-hydrogen) atoms. The Hall–Kier alpha value is -1.20. The van der Waals surface area contributed by atoms with Crippen LogP contribution >= 0.6 is 15.9 Å². The van der Waals surface area contributed by atoms with Gasteiger partial charge in [0.05, 0.1) is 5.69 Å². The number of rotatable bonds is 6. The molecule has 0 saturated heterocycles. The minimum Gasteiger partial charge on any atom is -0.310 e. The minimum atomic E-state index is 0.727. The van der Waals surface area contributed by atoms with Crippen LogP contribution in [0.25, 0.3) is 5.69 Å². The minimum absolute atomic E-state index is 0.727. The first-order valence-electron chi connectivity index (χ1n) is 7.68. The zero-order valence-electron chi connectivity index (χ0n) is 12.6. The van der Waals surface area contributed by atoms with Crippen molar-refractivity contribution < 1.29 is 0 Å². The number of halogens is 1. The molecule has 0 bridgehead atoms. The molecule has 0 aliphatic heterocycles. The van der Waals surface area contributed by atoms with Crippen molar-refractivity contribution in [3.63, 3.8) is 0 Å². The Kier molecular flexibility index (Phi) is 4.40. The molecule has 5 heteroatoms. The third kappa shape index (κ3) is 3.35. The number of hydrogen-bond donors (Lipinski definition) is 1. The van der Waals surface area contributed by atoms with Crippen LogP contribution in [-0.4, -0.2) is 20.8 Å². The largest absolute Gasteiger partial charge is 0.310 e. The van der Waals surface area contributed by atoms with E-state index in [0.717, 1.165) is 47.2 Å². The van der Waals surface area contributed by atoms with E-state index in [-0.39, 0.29) is 0 Å². The van der Waals surface area contributed by atoms with E-state index in [1.54, 1.807) is 0 Å². The van der Waals surface area contributed by atoms with E-state index in [9.17, 15) is 0 Å². The number of hydrogen-bond acceptors (Lipinski definition) is 3. The van der Waals surface area contributed by atoms with Crippen LogP contribution in [0.5, 0.6) is 0 Å². The van der Waals surface area contributed by atoms with Crippen LogP contribution in [0, 0.1) is 0 Å². The fraction of sp³-hybridized carbons (Fsp3) is 0.500. The molecule has 1 saturated carbocycles. The first-order valence-corrected chi connectivity index (χ1v) is 8.47. The van der Waals surface area contributed by atoms with Gasteiger partial charge in [0.15, 0.2) is 5.82 Å². The second-order valence-electron chi connectivity index (χ2n) is 5.49. The van der Waals surface area contributed by atoms with E-state index < -0.39 is 0 Å². The molecule has 4 nitrogen and oxygen atoms in total. The average Bonchev–Trinajstić information content (AvgIpc) is 3.23. The molecule has 1 N–H and O–H groups in total. The van der Waals surface area contributed by atoms with E-state index in [4.69, 9.17) is 0 Å². The summed E-state index contributed by atoms with van der Waals surface area (Å²) in [6.45, 7) is 5.12. The maximum Gasteiger partial charge on any atom is 0.151 e. The van der Waals surface area contributed by atoms with Crippen molar-refractivity contribution in [2.45, 2.75) is 52.1 Å². The molecule has 0 atom stereocenters. The number of aryl methyl sites for hydroxylation is 2. The molecular weight excluding hydrogens is 328 g/mol. The van der Waals surface area contributed by atoms with Crippen molar-refractivity contribution in [3.8, 4) is 5.69 Å². The molecule has 0 amide bonds. The maximum atomic E-state index is 4.59. The average molecular weight is 349 g/mol. The van der Waals surface area contributed by atoms with Crippen LogP contribution in [0.4, 0.5) is 0 Å². The summed E-state index contributed by atoms with van der Waals surface area (Å²) < 4.78 is 3.09. The molecule has 1 aromatic heterocycles. The maximum absolute atomic E-state index is 4.59. The monoisotopic (exact) mass is 348 g/mol. The highest BCUT2D eigenvalue weighted by atomic mass is 79.9. The fourth-order valence-corrected chi connectivity index (χ4v) is 2.84. The van der Waals surface area contributed by atoms with Gasteiger partial charge < -0.3 is 5.32 Å². The Labute approximate surface area is 134 Å². The van der Waals surface area contributed by atoms with Crippen molar-refractivity contribution >= 4 is 15.9 Å². The van der Waals surface area contributed by atoms with E-state index in [1.165, 1.54) is 18.4 Å². The van der Waals surface area contributed by atoms with Crippen LogP contribution < -0.4 is 5.32 Å². The van der Waals surface area contributed by atoms with Crippen LogP contribution in [0.3, 0.4) is 0 Å². The van der Waals surface area contributed by atoms with Gasteiger partial charge in [-0.05, 0) is 30.5 Å².